The van der Waals surface area contributed by atoms with Gasteiger partial charge in [0, 0.05) is 59.5 Å². The minimum Gasteiger partial charge on any atom is -0.369 e. The zero-order valence-electron chi connectivity index (χ0n) is 22.1. The first kappa shape index (κ1) is 25.9. The molecule has 38 heavy (non-hydrogen) atoms. The van der Waals surface area contributed by atoms with Crippen molar-refractivity contribution in [3.05, 3.63) is 82.8 Å². The van der Waals surface area contributed by atoms with E-state index in [0.717, 1.165) is 47.8 Å². The lowest BCUT2D eigenvalue weighted by molar-refractivity contribution is 0.402. The van der Waals surface area contributed by atoms with Crippen LogP contribution < -0.4 is 15.8 Å². The zero-order chi connectivity index (χ0) is 26.8. The van der Waals surface area contributed by atoms with Crippen molar-refractivity contribution < 1.29 is 4.21 Å². The number of hydrogen-bond donors (Lipinski definition) is 1. The van der Waals surface area contributed by atoms with Crippen molar-refractivity contribution >= 4 is 39.2 Å². The largest absolute Gasteiger partial charge is 0.369 e. The van der Waals surface area contributed by atoms with Gasteiger partial charge in [0.2, 0.25) is 5.95 Å². The molecule has 0 saturated carbocycles. The summed E-state index contributed by atoms with van der Waals surface area (Å²) in [6.07, 6.45) is 3.29. The molecule has 0 bridgehead atoms. The van der Waals surface area contributed by atoms with E-state index in [1.807, 2.05) is 37.0 Å². The first-order valence-corrected chi connectivity index (χ1v) is 14.1. The molecule has 9 nitrogen and oxygen atoms in total. The van der Waals surface area contributed by atoms with Gasteiger partial charge in [-0.15, -0.1) is 6.58 Å². The summed E-state index contributed by atoms with van der Waals surface area (Å²) in [5.41, 5.74) is 5.49. The molecule has 1 saturated heterocycles. The molecule has 0 atom stereocenters. The molecule has 2 aromatic heterocycles. The summed E-state index contributed by atoms with van der Waals surface area (Å²) < 4.78 is 15.2. The summed E-state index contributed by atoms with van der Waals surface area (Å²) in [4.78, 5) is 26.9. The van der Waals surface area contributed by atoms with E-state index >= 15 is 0 Å². The Hall–Kier alpha value is -3.76. The number of benzene rings is 2. The predicted octanol–water partition coefficient (Wildman–Crippen LogP) is 3.45. The highest BCUT2D eigenvalue weighted by Gasteiger charge is 2.19. The van der Waals surface area contributed by atoms with Crippen molar-refractivity contribution in [2.24, 2.45) is 0 Å². The van der Waals surface area contributed by atoms with Gasteiger partial charge in [0.1, 0.15) is 5.39 Å². The number of nitrogens with one attached hydrogen (secondary N) is 1. The quantitative estimate of drug-likeness (QED) is 0.349. The number of aryl methyl sites for hydroxylation is 1. The number of rotatable bonds is 8. The van der Waals surface area contributed by atoms with E-state index < -0.39 is 10.8 Å². The van der Waals surface area contributed by atoms with Crippen molar-refractivity contribution in [2.75, 3.05) is 48.9 Å². The van der Waals surface area contributed by atoms with E-state index in [1.165, 1.54) is 0 Å². The lowest BCUT2D eigenvalue weighted by Gasteiger charge is -2.30. The first-order valence-electron chi connectivity index (χ1n) is 12.6. The Bertz CT molecular complexity index is 1560. The molecule has 3 heterocycles. The van der Waals surface area contributed by atoms with Crippen molar-refractivity contribution in [2.45, 2.75) is 20.0 Å². The van der Waals surface area contributed by atoms with Crippen LogP contribution in [0.15, 0.2) is 66.1 Å². The molecule has 4 aromatic rings. The third kappa shape index (κ3) is 5.27. The van der Waals surface area contributed by atoms with Crippen LogP contribution in [0.25, 0.3) is 16.7 Å². The van der Waals surface area contributed by atoms with Crippen LogP contribution in [-0.4, -0.2) is 67.1 Å². The van der Waals surface area contributed by atoms with Crippen molar-refractivity contribution in [1.82, 2.24) is 24.2 Å². The highest BCUT2D eigenvalue weighted by molar-refractivity contribution is 7.85. The van der Waals surface area contributed by atoms with Crippen LogP contribution in [0.2, 0.25) is 0 Å². The lowest BCUT2D eigenvalue weighted by Crippen LogP contribution is -2.38. The summed E-state index contributed by atoms with van der Waals surface area (Å²) >= 11 is 0. The van der Waals surface area contributed by atoms with Gasteiger partial charge in [-0.3, -0.25) is 9.00 Å². The molecule has 0 spiro atoms. The van der Waals surface area contributed by atoms with E-state index in [9.17, 15) is 9.00 Å². The average molecular weight is 532 g/mol. The van der Waals surface area contributed by atoms with Gasteiger partial charge in [-0.25, -0.2) is 14.3 Å². The minimum absolute atomic E-state index is 0.160. The summed E-state index contributed by atoms with van der Waals surface area (Å²) in [5.74, 6) is 1.82. The third-order valence-corrected chi connectivity index (χ3v) is 7.88. The van der Waals surface area contributed by atoms with Gasteiger partial charge in [0.25, 0.3) is 5.56 Å². The van der Waals surface area contributed by atoms with Gasteiger partial charge in [-0.05, 0) is 62.5 Å². The smallest absolute Gasteiger partial charge is 0.278 e. The Balaban J connectivity index is 1.50. The minimum atomic E-state index is -0.710. The number of anilines is 3. The highest BCUT2D eigenvalue weighted by atomic mass is 32.2. The van der Waals surface area contributed by atoms with E-state index in [0.29, 0.717) is 35.0 Å². The predicted molar refractivity (Wildman–Crippen MR) is 155 cm³/mol. The number of aromatic nitrogens is 4. The maximum absolute atomic E-state index is 13.3. The van der Waals surface area contributed by atoms with Crippen LogP contribution in [0.3, 0.4) is 0 Å². The second-order valence-electron chi connectivity index (χ2n) is 9.79. The van der Waals surface area contributed by atoms with E-state index in [2.05, 4.69) is 57.9 Å². The van der Waals surface area contributed by atoms with E-state index in [1.54, 1.807) is 17.0 Å². The van der Waals surface area contributed by atoms with E-state index in [-0.39, 0.29) is 5.56 Å². The summed E-state index contributed by atoms with van der Waals surface area (Å²) in [6, 6.07) is 14.3. The number of allylic oxidation sites excluding steroid dienone is 1. The Morgan fingerprint density at radius 1 is 1.16 bits per heavy atom. The highest BCUT2D eigenvalue weighted by Crippen LogP contribution is 2.26. The fraction of sp³-hybridized carbons (Fsp3) is 0.321. The van der Waals surface area contributed by atoms with E-state index in [4.69, 9.17) is 4.98 Å². The van der Waals surface area contributed by atoms with Crippen LogP contribution >= 0.6 is 0 Å². The van der Waals surface area contributed by atoms with Crippen molar-refractivity contribution in [3.63, 3.8) is 0 Å². The van der Waals surface area contributed by atoms with Gasteiger partial charge in [-0.2, -0.15) is 4.98 Å². The van der Waals surface area contributed by atoms with Gasteiger partial charge in [0.05, 0.1) is 12.2 Å². The Labute approximate surface area is 224 Å². The maximum Gasteiger partial charge on any atom is 0.278 e. The first-order chi connectivity index (χ1) is 18.3. The maximum atomic E-state index is 13.3. The molecule has 0 radical (unpaired) electrons. The molecule has 2 aromatic carbocycles. The average Bonchev–Trinajstić information content (AvgIpc) is 3.15. The molecule has 198 valence electrons. The van der Waals surface area contributed by atoms with Crippen LogP contribution in [0, 0.1) is 6.92 Å². The van der Waals surface area contributed by atoms with Crippen LogP contribution in [0.1, 0.15) is 11.1 Å². The fourth-order valence-electron chi connectivity index (χ4n) is 4.89. The van der Waals surface area contributed by atoms with Crippen molar-refractivity contribution in [3.8, 4) is 5.69 Å². The molecule has 0 amide bonds. The molecule has 1 N–H and O–H groups in total. The fourth-order valence-corrected chi connectivity index (χ4v) is 5.94. The molecular formula is C28H33N7O2S. The number of hydrogen-bond acceptors (Lipinski definition) is 7. The zero-order valence-corrected chi connectivity index (χ0v) is 22.9. The van der Waals surface area contributed by atoms with Crippen molar-refractivity contribution in [1.29, 1.82) is 0 Å². The SMILES string of the molecule is C=CCn1c(=O)c2cnc(Nc3ccc(N4CCS(=O)CC4)c(C)c3)nc2n1-c1cccc(CN(C)C)c1. The third-order valence-electron chi connectivity index (χ3n) is 6.60. The Kier molecular flexibility index (Phi) is 7.44. The second kappa shape index (κ2) is 10.9. The molecular weight excluding hydrogens is 498 g/mol. The summed E-state index contributed by atoms with van der Waals surface area (Å²) in [6.45, 7) is 8.64. The Morgan fingerprint density at radius 3 is 2.66 bits per heavy atom. The monoisotopic (exact) mass is 531 g/mol. The lowest BCUT2D eigenvalue weighted by atomic mass is 10.1. The molecule has 0 aliphatic carbocycles. The van der Waals surface area contributed by atoms with Crippen LogP contribution in [0.4, 0.5) is 17.3 Å². The molecule has 1 fully saturated rings. The van der Waals surface area contributed by atoms with Gasteiger partial charge in [0.15, 0.2) is 5.65 Å². The Morgan fingerprint density at radius 2 is 1.95 bits per heavy atom. The molecule has 0 unspecified atom stereocenters. The standard InChI is InChI=1S/C28H33N7O2S/c1-5-11-34-27(36)24-18-29-28(31-26(24)35(34)23-8-6-7-21(17-23)19-32(3)4)30-22-9-10-25(20(2)16-22)33-12-14-38(37)15-13-33/h5-10,16-18H,1,11-15,19H2,2-4H3,(H,29,30,31). The topological polar surface area (TPSA) is 88.3 Å². The summed E-state index contributed by atoms with van der Waals surface area (Å²) in [5, 5.41) is 3.76. The van der Waals surface area contributed by atoms with Crippen LogP contribution in [-0.2, 0) is 23.9 Å². The van der Waals surface area contributed by atoms with Crippen LogP contribution in [0.5, 0.6) is 0 Å². The molecule has 5 rings (SSSR count). The van der Waals surface area contributed by atoms with Gasteiger partial charge in [-0.1, -0.05) is 18.2 Å². The summed E-state index contributed by atoms with van der Waals surface area (Å²) in [7, 11) is 3.34. The number of nitrogens with zero attached hydrogens (tertiary/aromatic N) is 6. The molecule has 10 heteroatoms. The number of fused-ring (bicyclic) bond motifs is 1. The molecule has 1 aliphatic heterocycles. The van der Waals surface area contributed by atoms with Gasteiger partial charge >= 0.3 is 0 Å². The normalized spacial score (nSPS) is 14.4. The van der Waals surface area contributed by atoms with Gasteiger partial charge < -0.3 is 15.1 Å². The molecule has 1 aliphatic rings. The second-order valence-corrected chi connectivity index (χ2v) is 11.5.